The highest BCUT2D eigenvalue weighted by molar-refractivity contribution is 6.35. The number of nitrogens with zero attached hydrogens (tertiary/aromatic N) is 1. The van der Waals surface area contributed by atoms with E-state index in [1.165, 1.54) is 6.07 Å². The minimum atomic E-state index is -0.439. The van der Waals surface area contributed by atoms with E-state index < -0.39 is 5.82 Å². The molecule has 106 valence electrons. The number of hydrogen-bond acceptors (Lipinski definition) is 2. The molecule has 0 radical (unpaired) electrons. The van der Waals surface area contributed by atoms with Gasteiger partial charge in [0.25, 0.3) is 0 Å². The molecule has 0 unspecified atom stereocenters. The minimum Gasteiger partial charge on any atom is -0.486 e. The van der Waals surface area contributed by atoms with Crippen LogP contribution in [0.3, 0.4) is 0 Å². The number of rotatable bonds is 3. The first-order valence-electron chi connectivity index (χ1n) is 6.56. The molecule has 4 heteroatoms. The Morgan fingerprint density at radius 1 is 1.14 bits per heavy atom. The van der Waals surface area contributed by atoms with Crippen LogP contribution >= 0.6 is 11.6 Å². The number of fused-ring (bicyclic) bond motifs is 1. The van der Waals surface area contributed by atoms with Gasteiger partial charge < -0.3 is 4.74 Å². The number of benzene rings is 2. The van der Waals surface area contributed by atoms with Gasteiger partial charge in [-0.2, -0.15) is 0 Å². The predicted molar refractivity (Wildman–Crippen MR) is 82.2 cm³/mol. The summed E-state index contributed by atoms with van der Waals surface area (Å²) in [7, 11) is 0. The molecule has 0 atom stereocenters. The van der Waals surface area contributed by atoms with Gasteiger partial charge in [0.1, 0.15) is 6.61 Å². The summed E-state index contributed by atoms with van der Waals surface area (Å²) in [6.45, 7) is 2.15. The zero-order valence-corrected chi connectivity index (χ0v) is 12.2. The van der Waals surface area contributed by atoms with E-state index in [0.29, 0.717) is 22.5 Å². The molecule has 21 heavy (non-hydrogen) atoms. The first-order valence-corrected chi connectivity index (χ1v) is 6.94. The second kappa shape index (κ2) is 5.70. The van der Waals surface area contributed by atoms with Crippen molar-refractivity contribution in [3.63, 3.8) is 0 Å². The quantitative estimate of drug-likeness (QED) is 0.685. The maximum Gasteiger partial charge on any atom is 0.165 e. The fourth-order valence-corrected chi connectivity index (χ4v) is 2.47. The summed E-state index contributed by atoms with van der Waals surface area (Å²) in [4.78, 5) is 4.36. The van der Waals surface area contributed by atoms with Crippen molar-refractivity contribution in [2.24, 2.45) is 0 Å². The lowest BCUT2D eigenvalue weighted by molar-refractivity contribution is 0.291. The lowest BCUT2D eigenvalue weighted by Crippen LogP contribution is -1.98. The normalized spacial score (nSPS) is 10.8. The molecule has 3 aromatic rings. The summed E-state index contributed by atoms with van der Waals surface area (Å²) >= 11 is 6.11. The van der Waals surface area contributed by atoms with Gasteiger partial charge in [0.05, 0.1) is 10.5 Å². The van der Waals surface area contributed by atoms with Crippen LogP contribution in [0.4, 0.5) is 4.39 Å². The number of pyridine rings is 1. The average Bonchev–Trinajstić information content (AvgIpc) is 2.47. The summed E-state index contributed by atoms with van der Waals surface area (Å²) in [5, 5.41) is 1.08. The van der Waals surface area contributed by atoms with Crippen LogP contribution in [0.15, 0.2) is 48.5 Å². The second-order valence-corrected chi connectivity index (χ2v) is 5.23. The summed E-state index contributed by atoms with van der Waals surface area (Å²) in [6, 6.07) is 14.3. The summed E-state index contributed by atoms with van der Waals surface area (Å²) < 4.78 is 19.6. The molecule has 0 N–H and O–H groups in total. The van der Waals surface area contributed by atoms with Crippen molar-refractivity contribution in [3.05, 3.63) is 70.6 Å². The van der Waals surface area contributed by atoms with Crippen LogP contribution in [0.2, 0.25) is 5.02 Å². The van der Waals surface area contributed by atoms with E-state index in [-0.39, 0.29) is 5.75 Å². The van der Waals surface area contributed by atoms with Crippen molar-refractivity contribution in [2.45, 2.75) is 13.5 Å². The third-order valence-corrected chi connectivity index (χ3v) is 3.49. The van der Waals surface area contributed by atoms with Gasteiger partial charge in [-0.1, -0.05) is 41.9 Å². The van der Waals surface area contributed by atoms with Crippen LogP contribution in [-0.4, -0.2) is 4.98 Å². The van der Waals surface area contributed by atoms with Crippen LogP contribution in [0, 0.1) is 12.7 Å². The number of ether oxygens (including phenoxy) is 1. The monoisotopic (exact) mass is 301 g/mol. The van der Waals surface area contributed by atoms with Crippen LogP contribution < -0.4 is 4.74 Å². The molecular weight excluding hydrogens is 289 g/mol. The Hall–Kier alpha value is -2.13. The van der Waals surface area contributed by atoms with E-state index in [0.717, 1.165) is 11.3 Å². The molecule has 2 nitrogen and oxygen atoms in total. The van der Waals surface area contributed by atoms with Crippen molar-refractivity contribution in [1.82, 2.24) is 4.98 Å². The van der Waals surface area contributed by atoms with E-state index in [1.54, 1.807) is 12.1 Å². The lowest BCUT2D eigenvalue weighted by atomic mass is 10.2. The second-order valence-electron chi connectivity index (χ2n) is 4.82. The molecule has 2 aromatic carbocycles. The van der Waals surface area contributed by atoms with Crippen LogP contribution in [0.5, 0.6) is 5.75 Å². The molecule has 0 spiro atoms. The van der Waals surface area contributed by atoms with Crippen molar-refractivity contribution in [2.75, 3.05) is 0 Å². The van der Waals surface area contributed by atoms with Crippen molar-refractivity contribution < 1.29 is 9.13 Å². The highest BCUT2D eigenvalue weighted by Gasteiger charge is 2.10. The lowest BCUT2D eigenvalue weighted by Gasteiger charge is -2.09. The maximum absolute atomic E-state index is 14.1. The molecule has 1 aromatic heterocycles. The van der Waals surface area contributed by atoms with E-state index in [9.17, 15) is 4.39 Å². The number of aryl methyl sites for hydroxylation is 1. The van der Waals surface area contributed by atoms with Gasteiger partial charge in [-0.3, -0.25) is 4.98 Å². The van der Waals surface area contributed by atoms with Gasteiger partial charge >= 0.3 is 0 Å². The van der Waals surface area contributed by atoms with Crippen molar-refractivity contribution >= 4 is 22.5 Å². The molecule has 0 bridgehead atoms. The Bertz CT molecular complexity index is 790. The first-order chi connectivity index (χ1) is 10.1. The Labute approximate surface area is 127 Å². The standard InChI is InChI=1S/C17H13ClFNO/c1-11-7-14(18)13-8-15(19)17(9-16(13)20-11)21-10-12-5-3-2-4-6-12/h2-9H,10H2,1H3. The first kappa shape index (κ1) is 13.8. The maximum atomic E-state index is 14.1. The number of halogens is 2. The molecule has 0 aliphatic heterocycles. The summed E-state index contributed by atoms with van der Waals surface area (Å²) in [5.74, 6) is -0.258. The predicted octanol–water partition coefficient (Wildman–Crippen LogP) is 4.91. The molecule has 0 saturated carbocycles. The Morgan fingerprint density at radius 3 is 2.67 bits per heavy atom. The van der Waals surface area contributed by atoms with Gasteiger partial charge in [0.2, 0.25) is 0 Å². The smallest absolute Gasteiger partial charge is 0.165 e. The molecule has 0 fully saturated rings. The van der Waals surface area contributed by atoms with Crippen LogP contribution in [-0.2, 0) is 6.61 Å². The summed E-state index contributed by atoms with van der Waals surface area (Å²) in [5.41, 5.74) is 2.39. The zero-order chi connectivity index (χ0) is 14.8. The van der Waals surface area contributed by atoms with E-state index in [1.807, 2.05) is 37.3 Å². The van der Waals surface area contributed by atoms with E-state index in [2.05, 4.69) is 4.98 Å². The number of hydrogen-bond donors (Lipinski definition) is 0. The van der Waals surface area contributed by atoms with Crippen LogP contribution in [0.25, 0.3) is 10.9 Å². The highest BCUT2D eigenvalue weighted by atomic mass is 35.5. The third-order valence-electron chi connectivity index (χ3n) is 3.18. The van der Waals surface area contributed by atoms with Gasteiger partial charge in [0, 0.05) is 17.1 Å². The average molecular weight is 302 g/mol. The Balaban J connectivity index is 1.94. The van der Waals surface area contributed by atoms with E-state index >= 15 is 0 Å². The molecule has 1 heterocycles. The van der Waals surface area contributed by atoms with Crippen molar-refractivity contribution in [3.8, 4) is 5.75 Å². The molecule has 3 rings (SSSR count). The molecule has 0 saturated heterocycles. The molecule has 0 aliphatic rings. The largest absolute Gasteiger partial charge is 0.486 e. The van der Waals surface area contributed by atoms with Gasteiger partial charge in [-0.25, -0.2) is 4.39 Å². The Morgan fingerprint density at radius 2 is 1.90 bits per heavy atom. The van der Waals surface area contributed by atoms with Gasteiger partial charge in [-0.15, -0.1) is 0 Å². The number of aromatic nitrogens is 1. The van der Waals surface area contributed by atoms with Crippen molar-refractivity contribution in [1.29, 1.82) is 0 Å². The SMILES string of the molecule is Cc1cc(Cl)c2cc(F)c(OCc3ccccc3)cc2n1. The minimum absolute atomic E-state index is 0.181. The fraction of sp³-hybridized carbons (Fsp3) is 0.118. The molecular formula is C17H13ClFNO. The van der Waals surface area contributed by atoms with Crippen LogP contribution in [0.1, 0.15) is 11.3 Å². The highest BCUT2D eigenvalue weighted by Crippen LogP contribution is 2.29. The molecule has 0 aliphatic carbocycles. The zero-order valence-electron chi connectivity index (χ0n) is 11.4. The fourth-order valence-electron chi connectivity index (χ4n) is 2.16. The third kappa shape index (κ3) is 2.98. The Kier molecular flexibility index (Phi) is 3.76. The summed E-state index contributed by atoms with van der Waals surface area (Å²) in [6.07, 6.45) is 0. The van der Waals surface area contributed by atoms with E-state index in [4.69, 9.17) is 16.3 Å². The topological polar surface area (TPSA) is 22.1 Å². The van der Waals surface area contributed by atoms with Gasteiger partial charge in [0.15, 0.2) is 11.6 Å². The molecule has 0 amide bonds. The van der Waals surface area contributed by atoms with Gasteiger partial charge in [-0.05, 0) is 24.6 Å².